The van der Waals surface area contributed by atoms with Crippen LogP contribution in [-0.4, -0.2) is 39.3 Å². The number of unbranched alkanes of at least 4 members (excludes halogenated alkanes) is 3. The van der Waals surface area contributed by atoms with Crippen LogP contribution in [0, 0.1) is 0 Å². The summed E-state index contributed by atoms with van der Waals surface area (Å²) in [6.45, 7) is 0.988. The highest BCUT2D eigenvalue weighted by Crippen LogP contribution is 2.04. The lowest BCUT2D eigenvalue weighted by molar-refractivity contribution is 0.571. The minimum absolute atomic E-state index is 0.149. The van der Waals surface area contributed by atoms with Gasteiger partial charge in [-0.3, -0.25) is 0 Å². The molecule has 0 aromatic rings. The molecule has 0 aliphatic carbocycles. The van der Waals surface area contributed by atoms with E-state index in [1.807, 2.05) is 11.8 Å². The minimum atomic E-state index is -3.08. The van der Waals surface area contributed by atoms with E-state index in [1.165, 1.54) is 18.6 Å². The van der Waals surface area contributed by atoms with Gasteiger partial charge < -0.3 is 5.73 Å². The molecule has 0 radical (unpaired) electrons. The normalized spacial score (nSPS) is 11.9. The number of nitrogens with one attached hydrogen (secondary N) is 1. The highest BCUT2D eigenvalue weighted by Gasteiger charge is 2.07. The fourth-order valence-corrected chi connectivity index (χ4v) is 2.94. The number of hydrogen-bond acceptors (Lipinski definition) is 4. The van der Waals surface area contributed by atoms with E-state index < -0.39 is 10.0 Å². The lowest BCUT2D eigenvalue weighted by atomic mass is 10.2. The number of sulfonamides is 1. The Hall–Kier alpha value is 0.220. The molecule has 0 saturated carbocycles. The molecular weight excluding hydrogens is 244 g/mol. The van der Waals surface area contributed by atoms with Gasteiger partial charge >= 0.3 is 0 Å². The van der Waals surface area contributed by atoms with Crippen LogP contribution in [0.25, 0.3) is 0 Å². The Bertz CT molecular complexity index is 243. The van der Waals surface area contributed by atoms with E-state index >= 15 is 0 Å². The molecular formula is C10H24N2O2S2. The van der Waals surface area contributed by atoms with Gasteiger partial charge in [0.05, 0.1) is 5.75 Å². The zero-order valence-corrected chi connectivity index (χ0v) is 11.7. The summed E-state index contributed by atoms with van der Waals surface area (Å²) in [4.78, 5) is 0. The van der Waals surface area contributed by atoms with Crippen molar-refractivity contribution in [2.75, 3.05) is 30.9 Å². The molecule has 0 aliphatic heterocycles. The van der Waals surface area contributed by atoms with E-state index in [4.69, 9.17) is 5.73 Å². The van der Waals surface area contributed by atoms with Gasteiger partial charge in [0.25, 0.3) is 0 Å². The summed E-state index contributed by atoms with van der Waals surface area (Å²) in [5, 5.41) is 0. The third-order valence-electron chi connectivity index (χ3n) is 2.21. The highest BCUT2D eigenvalue weighted by molar-refractivity contribution is 7.98. The smallest absolute Gasteiger partial charge is 0.211 e. The van der Waals surface area contributed by atoms with Gasteiger partial charge in [-0.25, -0.2) is 13.1 Å². The summed E-state index contributed by atoms with van der Waals surface area (Å²) >= 11 is 1.86. The molecule has 98 valence electrons. The van der Waals surface area contributed by atoms with Crippen LogP contribution in [-0.2, 0) is 10.0 Å². The van der Waals surface area contributed by atoms with E-state index in [0.29, 0.717) is 19.5 Å². The van der Waals surface area contributed by atoms with Gasteiger partial charge in [0, 0.05) is 6.54 Å². The molecule has 6 heteroatoms. The summed E-state index contributed by atoms with van der Waals surface area (Å²) in [7, 11) is -3.08. The first-order valence-corrected chi connectivity index (χ1v) is 8.83. The van der Waals surface area contributed by atoms with Crippen LogP contribution in [0.4, 0.5) is 0 Å². The van der Waals surface area contributed by atoms with Crippen LogP contribution in [0.3, 0.4) is 0 Å². The van der Waals surface area contributed by atoms with E-state index in [1.54, 1.807) is 0 Å². The fraction of sp³-hybridized carbons (Fsp3) is 1.00. The fourth-order valence-electron chi connectivity index (χ4n) is 1.30. The Morgan fingerprint density at radius 3 is 2.44 bits per heavy atom. The SMILES string of the molecule is CSCCCCCCNS(=O)(=O)CCCN. The molecule has 16 heavy (non-hydrogen) atoms. The van der Waals surface area contributed by atoms with Crippen LogP contribution in [0.1, 0.15) is 32.1 Å². The third-order valence-corrected chi connectivity index (χ3v) is 4.38. The van der Waals surface area contributed by atoms with Crippen LogP contribution in [0.5, 0.6) is 0 Å². The molecule has 0 fully saturated rings. The Kier molecular flexibility index (Phi) is 10.5. The van der Waals surface area contributed by atoms with Gasteiger partial charge in [-0.1, -0.05) is 12.8 Å². The maximum atomic E-state index is 11.4. The van der Waals surface area contributed by atoms with Crippen molar-refractivity contribution in [2.24, 2.45) is 5.73 Å². The van der Waals surface area contributed by atoms with Crippen molar-refractivity contribution in [3.05, 3.63) is 0 Å². The zero-order chi connectivity index (χ0) is 12.3. The Morgan fingerprint density at radius 1 is 1.12 bits per heavy atom. The second kappa shape index (κ2) is 10.4. The zero-order valence-electron chi connectivity index (χ0n) is 10.1. The molecule has 0 saturated heterocycles. The first-order chi connectivity index (χ1) is 7.62. The van der Waals surface area contributed by atoms with E-state index in [2.05, 4.69) is 11.0 Å². The first-order valence-electron chi connectivity index (χ1n) is 5.78. The van der Waals surface area contributed by atoms with Crippen molar-refractivity contribution in [3.63, 3.8) is 0 Å². The molecule has 3 N–H and O–H groups in total. The largest absolute Gasteiger partial charge is 0.330 e. The lowest BCUT2D eigenvalue weighted by Crippen LogP contribution is -2.28. The van der Waals surface area contributed by atoms with Crippen molar-refractivity contribution >= 4 is 21.8 Å². The number of hydrogen-bond donors (Lipinski definition) is 2. The average molecular weight is 268 g/mol. The molecule has 0 amide bonds. The summed E-state index contributed by atoms with van der Waals surface area (Å²) in [5.74, 6) is 1.35. The molecule has 4 nitrogen and oxygen atoms in total. The molecule has 0 spiro atoms. The average Bonchev–Trinajstić information content (AvgIpc) is 2.25. The quantitative estimate of drug-likeness (QED) is 0.552. The molecule has 0 aliphatic rings. The molecule has 0 unspecified atom stereocenters. The summed E-state index contributed by atoms with van der Waals surface area (Å²) < 4.78 is 25.3. The van der Waals surface area contributed by atoms with Crippen molar-refractivity contribution in [1.29, 1.82) is 0 Å². The van der Waals surface area contributed by atoms with Crippen molar-refractivity contribution in [2.45, 2.75) is 32.1 Å². The lowest BCUT2D eigenvalue weighted by Gasteiger charge is -2.05. The predicted molar refractivity (Wildman–Crippen MR) is 72.3 cm³/mol. The maximum absolute atomic E-state index is 11.4. The van der Waals surface area contributed by atoms with E-state index in [9.17, 15) is 8.42 Å². The van der Waals surface area contributed by atoms with E-state index in [0.717, 1.165) is 12.8 Å². The van der Waals surface area contributed by atoms with Gasteiger partial charge in [0.15, 0.2) is 0 Å². The van der Waals surface area contributed by atoms with Crippen molar-refractivity contribution in [3.8, 4) is 0 Å². The first kappa shape index (κ1) is 16.2. The molecule has 0 aromatic heterocycles. The van der Waals surface area contributed by atoms with Gasteiger partial charge in [0.1, 0.15) is 0 Å². The molecule has 0 atom stereocenters. The minimum Gasteiger partial charge on any atom is -0.330 e. The molecule has 0 rings (SSSR count). The Morgan fingerprint density at radius 2 is 1.81 bits per heavy atom. The number of nitrogens with two attached hydrogens (primary N) is 1. The summed E-state index contributed by atoms with van der Waals surface area (Å²) in [5.41, 5.74) is 5.26. The topological polar surface area (TPSA) is 72.2 Å². The summed E-state index contributed by atoms with van der Waals surface area (Å²) in [6.07, 6.45) is 7.07. The van der Waals surface area contributed by atoms with Gasteiger partial charge in [-0.15, -0.1) is 0 Å². The second-order valence-corrected chi connectivity index (χ2v) is 6.67. The van der Waals surface area contributed by atoms with E-state index in [-0.39, 0.29) is 5.75 Å². The second-order valence-electron chi connectivity index (χ2n) is 3.76. The molecule has 0 aromatic carbocycles. The number of thioether (sulfide) groups is 1. The standard InChI is InChI=1S/C10H24N2O2S2/c1-15-9-5-3-2-4-8-12-16(13,14)10-6-7-11/h12H,2-11H2,1H3. The maximum Gasteiger partial charge on any atom is 0.211 e. The van der Waals surface area contributed by atoms with Gasteiger partial charge in [-0.05, 0) is 37.8 Å². The van der Waals surface area contributed by atoms with Crippen LogP contribution in [0.15, 0.2) is 0 Å². The van der Waals surface area contributed by atoms with Gasteiger partial charge in [0.2, 0.25) is 10.0 Å². The van der Waals surface area contributed by atoms with Crippen LogP contribution >= 0.6 is 11.8 Å². The van der Waals surface area contributed by atoms with Crippen LogP contribution in [0.2, 0.25) is 0 Å². The van der Waals surface area contributed by atoms with Crippen molar-refractivity contribution in [1.82, 2.24) is 4.72 Å². The van der Waals surface area contributed by atoms with Crippen LogP contribution < -0.4 is 10.5 Å². The Labute approximate surface area is 104 Å². The predicted octanol–water partition coefficient (Wildman–Crippen LogP) is 1.18. The molecule has 0 bridgehead atoms. The Balaban J connectivity index is 3.36. The monoisotopic (exact) mass is 268 g/mol. The van der Waals surface area contributed by atoms with Gasteiger partial charge in [-0.2, -0.15) is 11.8 Å². The van der Waals surface area contributed by atoms with Crippen molar-refractivity contribution < 1.29 is 8.42 Å². The third kappa shape index (κ3) is 10.7. The highest BCUT2D eigenvalue weighted by atomic mass is 32.2. The summed E-state index contributed by atoms with van der Waals surface area (Å²) in [6, 6.07) is 0. The number of rotatable bonds is 11. The molecule has 0 heterocycles.